The van der Waals surface area contributed by atoms with Gasteiger partial charge in [0.25, 0.3) is 0 Å². The molecular weight excluding hydrogens is 672 g/mol. The predicted octanol–water partition coefficient (Wildman–Crippen LogP) is 3.38. The lowest BCUT2D eigenvalue weighted by molar-refractivity contribution is -0.136. The normalized spacial score (nSPS) is 14.6. The summed E-state index contributed by atoms with van der Waals surface area (Å²) >= 11 is 0. The van der Waals surface area contributed by atoms with Gasteiger partial charge in [0.2, 0.25) is 10.0 Å². The highest BCUT2D eigenvalue weighted by molar-refractivity contribution is 7.89. The summed E-state index contributed by atoms with van der Waals surface area (Å²) in [5.74, 6) is -0.602. The number of carbonyl (C=O) groups is 2. The summed E-state index contributed by atoms with van der Waals surface area (Å²) in [6, 6.07) is 8.39. The number of hydrogen-bond donors (Lipinski definition) is 2. The van der Waals surface area contributed by atoms with E-state index in [1.165, 1.54) is 17.6 Å². The van der Waals surface area contributed by atoms with E-state index in [-0.39, 0.29) is 17.4 Å². The Labute approximate surface area is 292 Å². The third kappa shape index (κ3) is 11.4. The van der Waals surface area contributed by atoms with Gasteiger partial charge in [-0.2, -0.15) is 9.40 Å². The maximum absolute atomic E-state index is 14.0. The molecule has 0 unspecified atom stereocenters. The number of aliphatic carboxylic acids is 1. The van der Waals surface area contributed by atoms with Gasteiger partial charge in [-0.05, 0) is 63.4 Å². The number of aromatic nitrogens is 2. The zero-order chi connectivity index (χ0) is 36.1. The van der Waals surface area contributed by atoms with Crippen LogP contribution in [0.3, 0.4) is 0 Å². The van der Waals surface area contributed by atoms with Gasteiger partial charge in [-0.15, -0.1) is 0 Å². The molecule has 0 radical (unpaired) electrons. The number of hydrogen-bond acceptors (Lipinski definition) is 11. The zero-order valence-electron chi connectivity index (χ0n) is 29.1. The highest BCUT2D eigenvalue weighted by Crippen LogP contribution is 2.38. The first-order valence-electron chi connectivity index (χ1n) is 16.6. The molecule has 0 bridgehead atoms. The molecule has 50 heavy (non-hydrogen) atoms. The molecule has 1 aliphatic heterocycles. The lowest BCUT2D eigenvalue weighted by Crippen LogP contribution is -2.41. The number of benzene rings is 1. The first-order valence-corrected chi connectivity index (χ1v) is 18.0. The molecule has 1 fully saturated rings. The van der Waals surface area contributed by atoms with E-state index in [2.05, 4.69) is 10.4 Å². The van der Waals surface area contributed by atoms with Crippen LogP contribution in [0.25, 0.3) is 16.6 Å². The number of pyridine rings is 1. The van der Waals surface area contributed by atoms with Crippen molar-refractivity contribution in [2.24, 2.45) is 0 Å². The van der Waals surface area contributed by atoms with Crippen molar-refractivity contribution in [2.75, 3.05) is 73.0 Å². The second-order valence-electron chi connectivity index (χ2n) is 12.6. The highest BCUT2D eigenvalue weighted by atomic mass is 32.2. The molecule has 276 valence electrons. The molecule has 4 rings (SSSR count). The minimum Gasteiger partial charge on any atom is -0.496 e. The molecule has 1 aromatic carbocycles. The van der Waals surface area contributed by atoms with Crippen LogP contribution in [0, 0.1) is 0 Å². The van der Waals surface area contributed by atoms with Crippen molar-refractivity contribution in [2.45, 2.75) is 56.6 Å². The monoisotopic (exact) mass is 720 g/mol. The van der Waals surface area contributed by atoms with Crippen LogP contribution >= 0.6 is 0 Å². The summed E-state index contributed by atoms with van der Waals surface area (Å²) in [5, 5.41) is 16.2. The standard InChI is InChI=1S/C34H48N4O11S/c1-34(2,3)49-33(41)35-11-15-45-16-17-46-18-19-47-20-21-48-27-9-12-37(13-10-27)50(42,43)30-7-5-6-29(44-4)32(30)25-8-14-38-28(22-25)26(24-36-38)23-31(39)40/h5-8,14,22,24,27H,9-13,15-21,23H2,1-4H3,(H,35,41)(H,39,40). The molecule has 3 aromatic rings. The van der Waals surface area contributed by atoms with E-state index in [4.69, 9.17) is 28.4 Å². The topological polar surface area (TPSA) is 176 Å². The number of nitrogens with one attached hydrogen (secondary N) is 1. The first kappa shape index (κ1) is 39.0. The Morgan fingerprint density at radius 1 is 0.980 bits per heavy atom. The largest absolute Gasteiger partial charge is 0.496 e. The smallest absolute Gasteiger partial charge is 0.407 e. The maximum atomic E-state index is 14.0. The molecule has 0 aliphatic carbocycles. The second kappa shape index (κ2) is 18.4. The fourth-order valence-corrected chi connectivity index (χ4v) is 7.10. The SMILES string of the molecule is COc1cccc(S(=O)(=O)N2CCC(OCCOCCOCCOCCNC(=O)OC(C)(C)C)CC2)c1-c1ccn2ncc(CC(=O)O)c2c1. The minimum atomic E-state index is -3.91. The summed E-state index contributed by atoms with van der Waals surface area (Å²) in [6.07, 6.45) is 3.46. The molecule has 2 N–H and O–H groups in total. The average molecular weight is 721 g/mol. The van der Waals surface area contributed by atoms with E-state index in [0.29, 0.717) is 107 Å². The summed E-state index contributed by atoms with van der Waals surface area (Å²) in [5.41, 5.74) is 1.52. The van der Waals surface area contributed by atoms with Crippen LogP contribution in [0.1, 0.15) is 39.2 Å². The Hall–Kier alpha value is -3.80. The van der Waals surface area contributed by atoms with Gasteiger partial charge in [-0.1, -0.05) is 6.07 Å². The second-order valence-corrected chi connectivity index (χ2v) is 14.5. The van der Waals surface area contributed by atoms with Crippen molar-refractivity contribution in [1.82, 2.24) is 19.2 Å². The third-order valence-corrected chi connectivity index (χ3v) is 9.64. The number of carbonyl (C=O) groups excluding carboxylic acids is 1. The number of fused-ring (bicyclic) bond motifs is 1. The van der Waals surface area contributed by atoms with Gasteiger partial charge in [0.05, 0.1) is 82.5 Å². The number of carboxylic acid groups (broad SMARTS) is 1. The Morgan fingerprint density at radius 3 is 2.28 bits per heavy atom. The van der Waals surface area contributed by atoms with Crippen molar-refractivity contribution >= 4 is 27.6 Å². The summed E-state index contributed by atoms with van der Waals surface area (Å²) in [7, 11) is -2.43. The van der Waals surface area contributed by atoms with Gasteiger partial charge in [-0.3, -0.25) is 4.79 Å². The third-order valence-electron chi connectivity index (χ3n) is 7.70. The van der Waals surface area contributed by atoms with Gasteiger partial charge in [0.15, 0.2) is 0 Å². The number of alkyl carbamates (subject to hydrolysis) is 1. The molecule has 1 aliphatic rings. The highest BCUT2D eigenvalue weighted by Gasteiger charge is 2.33. The van der Waals surface area contributed by atoms with Gasteiger partial charge < -0.3 is 38.8 Å². The van der Waals surface area contributed by atoms with E-state index in [9.17, 15) is 23.1 Å². The number of amides is 1. The number of rotatable bonds is 19. The van der Waals surface area contributed by atoms with Crippen LogP contribution in [0.2, 0.25) is 0 Å². The average Bonchev–Trinajstić information content (AvgIpc) is 3.46. The van der Waals surface area contributed by atoms with Crippen LogP contribution in [0.15, 0.2) is 47.6 Å². The molecule has 0 atom stereocenters. The first-order chi connectivity index (χ1) is 23.9. The van der Waals surface area contributed by atoms with Crippen molar-refractivity contribution in [3.63, 3.8) is 0 Å². The fourth-order valence-electron chi connectivity index (χ4n) is 5.40. The van der Waals surface area contributed by atoms with E-state index >= 15 is 0 Å². The molecule has 3 heterocycles. The zero-order valence-corrected chi connectivity index (χ0v) is 29.9. The van der Waals surface area contributed by atoms with Crippen molar-refractivity contribution in [3.8, 4) is 16.9 Å². The van der Waals surface area contributed by atoms with Gasteiger partial charge in [0.1, 0.15) is 11.4 Å². The van der Waals surface area contributed by atoms with Gasteiger partial charge >= 0.3 is 12.1 Å². The molecule has 15 nitrogen and oxygen atoms in total. The quantitative estimate of drug-likeness (QED) is 0.173. The number of sulfonamides is 1. The number of ether oxygens (including phenoxy) is 6. The molecule has 0 spiro atoms. The van der Waals surface area contributed by atoms with Crippen LogP contribution < -0.4 is 10.1 Å². The molecule has 16 heteroatoms. The Bertz CT molecular complexity index is 1670. The Morgan fingerprint density at radius 2 is 1.64 bits per heavy atom. The van der Waals surface area contributed by atoms with Crippen LogP contribution in [-0.2, 0) is 44.9 Å². The lowest BCUT2D eigenvalue weighted by atomic mass is 10.0. The number of carboxylic acids is 1. The molecule has 2 aromatic heterocycles. The van der Waals surface area contributed by atoms with Crippen LogP contribution in [-0.4, -0.2) is 124 Å². The van der Waals surface area contributed by atoms with Gasteiger partial charge in [-0.25, -0.2) is 17.7 Å². The van der Waals surface area contributed by atoms with E-state index < -0.39 is 27.7 Å². The molecule has 0 saturated carbocycles. The number of nitrogens with zero attached hydrogens (tertiary/aromatic N) is 3. The summed E-state index contributed by atoms with van der Waals surface area (Å²) in [4.78, 5) is 23.1. The number of piperidine rings is 1. The van der Waals surface area contributed by atoms with Crippen molar-refractivity contribution in [3.05, 3.63) is 48.3 Å². The molecular formula is C34H48N4O11S. The summed E-state index contributed by atoms with van der Waals surface area (Å²) in [6.45, 7) is 9.06. The Balaban J connectivity index is 1.17. The van der Waals surface area contributed by atoms with Crippen LogP contribution in [0.5, 0.6) is 5.75 Å². The van der Waals surface area contributed by atoms with E-state index in [1.54, 1.807) is 61.8 Å². The van der Waals surface area contributed by atoms with E-state index in [1.807, 2.05) is 0 Å². The van der Waals surface area contributed by atoms with Gasteiger partial charge in [0, 0.05) is 37.0 Å². The maximum Gasteiger partial charge on any atom is 0.407 e. The van der Waals surface area contributed by atoms with E-state index in [0.717, 1.165) is 0 Å². The predicted molar refractivity (Wildman–Crippen MR) is 183 cm³/mol. The number of methoxy groups -OCH3 is 1. The van der Waals surface area contributed by atoms with Crippen molar-refractivity contribution in [1.29, 1.82) is 0 Å². The molecule has 1 amide bonds. The summed E-state index contributed by atoms with van der Waals surface area (Å²) < 4.78 is 64.2. The Kier molecular flexibility index (Phi) is 14.4. The lowest BCUT2D eigenvalue weighted by Gasteiger charge is -2.31. The van der Waals surface area contributed by atoms with Crippen molar-refractivity contribution < 1.29 is 51.5 Å². The minimum absolute atomic E-state index is 0.0926. The van der Waals surface area contributed by atoms with Crippen LogP contribution in [0.4, 0.5) is 4.79 Å². The fraction of sp³-hybridized carbons (Fsp3) is 0.559. The molecule has 1 saturated heterocycles.